The average Bonchev–Trinajstić information content (AvgIpc) is 2.99. The fraction of sp³-hybridized carbons (Fsp3) is 0.167. The van der Waals surface area contributed by atoms with E-state index in [0.29, 0.717) is 23.0 Å². The van der Waals surface area contributed by atoms with Gasteiger partial charge in [-0.05, 0) is 30.7 Å². The molecule has 0 aliphatic rings. The van der Waals surface area contributed by atoms with Gasteiger partial charge in [0.05, 0.1) is 12.7 Å². The van der Waals surface area contributed by atoms with Gasteiger partial charge in [-0.15, -0.1) is 0 Å². The third-order valence-electron chi connectivity index (χ3n) is 3.52. The molecular weight excluding hydrogens is 312 g/mol. The van der Waals surface area contributed by atoms with E-state index in [9.17, 15) is 5.11 Å². The number of aromatic nitrogens is 1. The predicted octanol–water partition coefficient (Wildman–Crippen LogP) is 4.33. The standard InChI is InChI=1S/C18H17ClN2O2/c1-12-10-21-17(23-12)11-20-16-8-7-14(19)9-15(16)18(22)13-5-3-2-4-6-13/h2-10,18,20,22H,11H2,1H3/t18-/m1/s1. The number of hydrogen-bond donors (Lipinski definition) is 2. The molecular formula is C18H17ClN2O2. The van der Waals surface area contributed by atoms with Gasteiger partial charge < -0.3 is 14.8 Å². The monoisotopic (exact) mass is 328 g/mol. The van der Waals surface area contributed by atoms with E-state index < -0.39 is 6.10 Å². The second-order valence-corrected chi connectivity index (χ2v) is 5.70. The Labute approximate surface area is 139 Å². The molecule has 0 fully saturated rings. The molecule has 0 amide bonds. The molecule has 0 aliphatic heterocycles. The Bertz CT molecular complexity index is 787. The Kier molecular flexibility index (Phi) is 4.65. The van der Waals surface area contributed by atoms with Gasteiger partial charge in [-0.3, -0.25) is 0 Å². The predicted molar refractivity (Wildman–Crippen MR) is 90.5 cm³/mol. The number of anilines is 1. The summed E-state index contributed by atoms with van der Waals surface area (Å²) in [5, 5.41) is 14.5. The maximum atomic E-state index is 10.7. The third kappa shape index (κ3) is 3.73. The Morgan fingerprint density at radius 1 is 1.22 bits per heavy atom. The second-order valence-electron chi connectivity index (χ2n) is 5.26. The highest BCUT2D eigenvalue weighted by molar-refractivity contribution is 6.30. The first-order chi connectivity index (χ1) is 11.1. The molecule has 23 heavy (non-hydrogen) atoms. The van der Waals surface area contributed by atoms with Crippen LogP contribution in [0, 0.1) is 6.92 Å². The lowest BCUT2D eigenvalue weighted by Gasteiger charge is -2.17. The SMILES string of the molecule is Cc1cnc(CNc2ccc(Cl)cc2[C@H](O)c2ccccc2)o1. The van der Waals surface area contributed by atoms with E-state index in [1.165, 1.54) is 0 Å². The molecule has 0 unspecified atom stereocenters. The van der Waals surface area contributed by atoms with Crippen LogP contribution < -0.4 is 5.32 Å². The molecule has 1 heterocycles. The summed E-state index contributed by atoms with van der Waals surface area (Å²) in [6.45, 7) is 2.29. The van der Waals surface area contributed by atoms with Crippen LogP contribution in [0.4, 0.5) is 5.69 Å². The number of hydrogen-bond acceptors (Lipinski definition) is 4. The van der Waals surface area contributed by atoms with E-state index in [4.69, 9.17) is 16.0 Å². The van der Waals surface area contributed by atoms with Crippen molar-refractivity contribution in [1.82, 2.24) is 4.98 Å². The molecule has 0 radical (unpaired) electrons. The number of nitrogens with zero attached hydrogens (tertiary/aromatic N) is 1. The van der Waals surface area contributed by atoms with Crippen molar-refractivity contribution in [2.75, 3.05) is 5.32 Å². The molecule has 2 aromatic carbocycles. The fourth-order valence-electron chi connectivity index (χ4n) is 2.39. The highest BCUT2D eigenvalue weighted by Crippen LogP contribution is 2.31. The normalized spacial score (nSPS) is 12.1. The van der Waals surface area contributed by atoms with E-state index in [2.05, 4.69) is 10.3 Å². The molecule has 3 aromatic rings. The molecule has 2 N–H and O–H groups in total. The van der Waals surface area contributed by atoms with E-state index in [1.807, 2.05) is 43.3 Å². The number of aliphatic hydroxyl groups is 1. The minimum Gasteiger partial charge on any atom is -0.444 e. The Morgan fingerprint density at radius 3 is 2.70 bits per heavy atom. The van der Waals surface area contributed by atoms with Crippen molar-refractivity contribution >= 4 is 17.3 Å². The summed E-state index contributed by atoms with van der Waals surface area (Å²) in [6.07, 6.45) is 0.919. The summed E-state index contributed by atoms with van der Waals surface area (Å²) in [6, 6.07) is 14.9. The number of oxazole rings is 1. The third-order valence-corrected chi connectivity index (χ3v) is 3.76. The first kappa shape index (κ1) is 15.6. The van der Waals surface area contributed by atoms with Crippen molar-refractivity contribution in [1.29, 1.82) is 0 Å². The number of benzene rings is 2. The van der Waals surface area contributed by atoms with Crippen LogP contribution in [0.15, 0.2) is 59.1 Å². The van der Waals surface area contributed by atoms with Crippen molar-refractivity contribution in [3.05, 3.63) is 82.5 Å². The van der Waals surface area contributed by atoms with Crippen LogP contribution in [0.2, 0.25) is 5.02 Å². The highest BCUT2D eigenvalue weighted by atomic mass is 35.5. The topological polar surface area (TPSA) is 58.3 Å². The number of aryl methyl sites for hydroxylation is 1. The maximum absolute atomic E-state index is 10.7. The lowest BCUT2D eigenvalue weighted by atomic mass is 10.00. The van der Waals surface area contributed by atoms with Crippen molar-refractivity contribution in [2.24, 2.45) is 0 Å². The molecule has 5 heteroatoms. The summed E-state index contributed by atoms with van der Waals surface area (Å²) >= 11 is 6.10. The van der Waals surface area contributed by atoms with Crippen LogP contribution in [0.1, 0.15) is 28.9 Å². The van der Waals surface area contributed by atoms with Crippen molar-refractivity contribution in [3.63, 3.8) is 0 Å². The first-order valence-electron chi connectivity index (χ1n) is 7.31. The number of rotatable bonds is 5. The van der Waals surface area contributed by atoms with Crippen LogP contribution in [0.5, 0.6) is 0 Å². The van der Waals surface area contributed by atoms with Gasteiger partial charge in [0.25, 0.3) is 0 Å². The minimum absolute atomic E-state index is 0.435. The Hall–Kier alpha value is -2.30. The number of halogens is 1. The van der Waals surface area contributed by atoms with Gasteiger partial charge in [-0.2, -0.15) is 0 Å². The van der Waals surface area contributed by atoms with E-state index in [-0.39, 0.29) is 0 Å². The van der Waals surface area contributed by atoms with Crippen LogP contribution >= 0.6 is 11.6 Å². The second kappa shape index (κ2) is 6.86. The van der Waals surface area contributed by atoms with E-state index >= 15 is 0 Å². The largest absolute Gasteiger partial charge is 0.444 e. The average molecular weight is 329 g/mol. The van der Waals surface area contributed by atoms with Gasteiger partial charge in [-0.1, -0.05) is 41.9 Å². The zero-order valence-electron chi connectivity index (χ0n) is 12.7. The van der Waals surface area contributed by atoms with Gasteiger partial charge in [0.15, 0.2) is 0 Å². The number of nitrogens with one attached hydrogen (secondary N) is 1. The molecule has 118 valence electrons. The molecule has 3 rings (SSSR count). The molecule has 0 spiro atoms. The molecule has 1 atom stereocenters. The molecule has 1 aromatic heterocycles. The summed E-state index contributed by atoms with van der Waals surface area (Å²) < 4.78 is 5.45. The van der Waals surface area contributed by atoms with Crippen LogP contribution in [-0.2, 0) is 6.54 Å². The van der Waals surface area contributed by atoms with Crippen molar-refractivity contribution in [2.45, 2.75) is 19.6 Å². The maximum Gasteiger partial charge on any atom is 0.213 e. The van der Waals surface area contributed by atoms with Crippen LogP contribution in [0.25, 0.3) is 0 Å². The zero-order chi connectivity index (χ0) is 16.2. The summed E-state index contributed by atoms with van der Waals surface area (Å²) in [7, 11) is 0. The zero-order valence-corrected chi connectivity index (χ0v) is 13.4. The van der Waals surface area contributed by atoms with Crippen molar-refractivity contribution in [3.8, 4) is 0 Å². The summed E-state index contributed by atoms with van der Waals surface area (Å²) in [5.74, 6) is 1.36. The molecule has 0 aliphatic carbocycles. The number of aliphatic hydroxyl groups excluding tert-OH is 1. The Morgan fingerprint density at radius 2 is 2.00 bits per heavy atom. The van der Waals surface area contributed by atoms with Crippen LogP contribution in [-0.4, -0.2) is 10.1 Å². The smallest absolute Gasteiger partial charge is 0.213 e. The molecule has 0 bridgehead atoms. The van der Waals surface area contributed by atoms with Gasteiger partial charge in [0, 0.05) is 16.3 Å². The minimum atomic E-state index is -0.760. The van der Waals surface area contributed by atoms with E-state index in [0.717, 1.165) is 17.0 Å². The van der Waals surface area contributed by atoms with Crippen molar-refractivity contribution < 1.29 is 9.52 Å². The van der Waals surface area contributed by atoms with Gasteiger partial charge in [-0.25, -0.2) is 4.98 Å². The first-order valence-corrected chi connectivity index (χ1v) is 7.69. The van der Waals surface area contributed by atoms with Gasteiger partial charge >= 0.3 is 0 Å². The van der Waals surface area contributed by atoms with E-state index in [1.54, 1.807) is 18.3 Å². The lowest BCUT2D eigenvalue weighted by Crippen LogP contribution is -2.07. The molecule has 4 nitrogen and oxygen atoms in total. The molecule has 0 saturated heterocycles. The van der Waals surface area contributed by atoms with Crippen LogP contribution in [0.3, 0.4) is 0 Å². The molecule has 0 saturated carbocycles. The Balaban J connectivity index is 1.85. The summed E-state index contributed by atoms with van der Waals surface area (Å²) in [5.41, 5.74) is 2.32. The van der Waals surface area contributed by atoms with Gasteiger partial charge in [0.1, 0.15) is 11.9 Å². The summed E-state index contributed by atoms with van der Waals surface area (Å²) in [4.78, 5) is 4.16. The lowest BCUT2D eigenvalue weighted by molar-refractivity contribution is 0.221. The fourth-order valence-corrected chi connectivity index (χ4v) is 2.57. The highest BCUT2D eigenvalue weighted by Gasteiger charge is 2.15. The quantitative estimate of drug-likeness (QED) is 0.732. The van der Waals surface area contributed by atoms with Gasteiger partial charge in [0.2, 0.25) is 5.89 Å².